The van der Waals surface area contributed by atoms with E-state index in [4.69, 9.17) is 0 Å². The van der Waals surface area contributed by atoms with Crippen molar-refractivity contribution in [2.75, 3.05) is 31.1 Å². The minimum absolute atomic E-state index is 0.0428. The van der Waals surface area contributed by atoms with Crippen molar-refractivity contribution in [3.63, 3.8) is 0 Å². The molecule has 158 valence electrons. The van der Waals surface area contributed by atoms with Crippen molar-refractivity contribution in [2.24, 2.45) is 0 Å². The molecule has 0 saturated carbocycles. The Kier molecular flexibility index (Phi) is 5.60. The van der Waals surface area contributed by atoms with Crippen molar-refractivity contribution < 1.29 is 0 Å². The predicted molar refractivity (Wildman–Crippen MR) is 121 cm³/mol. The van der Waals surface area contributed by atoms with Gasteiger partial charge in [-0.05, 0) is 67.8 Å². The zero-order chi connectivity index (χ0) is 21.3. The number of hydrogen-bond donors (Lipinski definition) is 0. The van der Waals surface area contributed by atoms with Gasteiger partial charge < -0.3 is 4.90 Å². The van der Waals surface area contributed by atoms with E-state index in [1.54, 1.807) is 0 Å². The Morgan fingerprint density at radius 2 is 1.57 bits per heavy atom. The van der Waals surface area contributed by atoms with E-state index in [0.29, 0.717) is 0 Å². The van der Waals surface area contributed by atoms with Crippen LogP contribution in [-0.2, 0) is 5.54 Å². The lowest BCUT2D eigenvalue weighted by molar-refractivity contribution is 0.191. The van der Waals surface area contributed by atoms with Crippen LogP contribution in [0.1, 0.15) is 49.3 Å². The summed E-state index contributed by atoms with van der Waals surface area (Å²) in [6.07, 6.45) is 0. The quantitative estimate of drug-likeness (QED) is 0.659. The molecule has 0 radical (unpaired) electrons. The first kappa shape index (κ1) is 20.5. The summed E-state index contributed by atoms with van der Waals surface area (Å²) >= 11 is 0. The van der Waals surface area contributed by atoms with Crippen LogP contribution in [0.5, 0.6) is 0 Å². The van der Waals surface area contributed by atoms with Crippen molar-refractivity contribution in [3.8, 4) is 0 Å². The molecule has 0 N–H and O–H groups in total. The van der Waals surface area contributed by atoms with Gasteiger partial charge in [-0.2, -0.15) is 0 Å². The fourth-order valence-corrected chi connectivity index (χ4v) is 4.30. The Labute approximate surface area is 179 Å². The lowest BCUT2D eigenvalue weighted by Gasteiger charge is -2.41. The summed E-state index contributed by atoms with van der Waals surface area (Å²) in [6.45, 7) is 14.8. The summed E-state index contributed by atoms with van der Waals surface area (Å²) in [7, 11) is 0. The van der Waals surface area contributed by atoms with E-state index in [1.165, 1.54) is 22.4 Å². The average Bonchev–Trinajstić information content (AvgIpc) is 3.22. The molecule has 1 aliphatic rings. The summed E-state index contributed by atoms with van der Waals surface area (Å²) < 4.78 is 1.97. The van der Waals surface area contributed by atoms with E-state index >= 15 is 0 Å². The van der Waals surface area contributed by atoms with Gasteiger partial charge in [0.1, 0.15) is 0 Å². The second-order valence-electron chi connectivity index (χ2n) is 9.17. The van der Waals surface area contributed by atoms with Gasteiger partial charge in [-0.15, -0.1) is 5.10 Å². The van der Waals surface area contributed by atoms with Crippen LogP contribution in [0.2, 0.25) is 0 Å². The molecule has 0 aliphatic carbocycles. The smallest absolute Gasteiger partial charge is 0.173 e. The highest BCUT2D eigenvalue weighted by Crippen LogP contribution is 2.32. The molecule has 3 aromatic rings. The van der Waals surface area contributed by atoms with Crippen molar-refractivity contribution in [1.82, 2.24) is 25.1 Å². The van der Waals surface area contributed by atoms with Crippen LogP contribution in [0.3, 0.4) is 0 Å². The molecule has 2 aromatic carbocycles. The number of tetrazole rings is 1. The molecular weight excluding hydrogens is 372 g/mol. The van der Waals surface area contributed by atoms with Gasteiger partial charge in [-0.25, -0.2) is 4.68 Å². The Hall–Kier alpha value is -2.73. The molecule has 1 saturated heterocycles. The Morgan fingerprint density at radius 1 is 0.867 bits per heavy atom. The van der Waals surface area contributed by atoms with E-state index < -0.39 is 0 Å². The third-order valence-corrected chi connectivity index (χ3v) is 6.09. The van der Waals surface area contributed by atoms with Crippen LogP contribution in [0.15, 0.2) is 48.5 Å². The third kappa shape index (κ3) is 3.97. The molecule has 1 fully saturated rings. The molecule has 0 spiro atoms. The van der Waals surface area contributed by atoms with Crippen molar-refractivity contribution >= 4 is 5.69 Å². The lowest BCUT2D eigenvalue weighted by atomic mass is 10.0. The molecule has 0 amide bonds. The van der Waals surface area contributed by atoms with Crippen molar-refractivity contribution in [3.05, 3.63) is 71.0 Å². The molecule has 1 aromatic heterocycles. The summed E-state index contributed by atoms with van der Waals surface area (Å²) in [5.74, 6) is 0.911. The van der Waals surface area contributed by atoms with Crippen LogP contribution in [-0.4, -0.2) is 51.3 Å². The highest BCUT2D eigenvalue weighted by atomic mass is 15.6. The second-order valence-corrected chi connectivity index (χ2v) is 9.17. The molecule has 30 heavy (non-hydrogen) atoms. The summed E-state index contributed by atoms with van der Waals surface area (Å²) in [5, 5.41) is 12.9. The number of aromatic nitrogens is 4. The van der Waals surface area contributed by atoms with Crippen LogP contribution < -0.4 is 4.90 Å². The van der Waals surface area contributed by atoms with Crippen molar-refractivity contribution in [2.45, 2.75) is 46.2 Å². The van der Waals surface area contributed by atoms with E-state index in [2.05, 4.69) is 108 Å². The van der Waals surface area contributed by atoms with E-state index in [9.17, 15) is 0 Å². The monoisotopic (exact) mass is 404 g/mol. The molecule has 0 unspecified atom stereocenters. The first-order valence-electron chi connectivity index (χ1n) is 10.7. The highest BCUT2D eigenvalue weighted by molar-refractivity contribution is 5.56. The first-order valence-corrected chi connectivity index (χ1v) is 10.7. The number of piperazine rings is 1. The molecule has 6 nitrogen and oxygen atoms in total. The molecule has 4 rings (SSSR count). The summed E-state index contributed by atoms with van der Waals surface area (Å²) in [6, 6.07) is 17.3. The molecule has 2 heterocycles. The topological polar surface area (TPSA) is 50.1 Å². The largest absolute Gasteiger partial charge is 0.369 e. The normalized spacial score (nSPS) is 16.6. The van der Waals surface area contributed by atoms with Gasteiger partial charge >= 0.3 is 0 Å². The Bertz CT molecular complexity index is 980. The fraction of sp³-hybridized carbons (Fsp3) is 0.458. The number of hydrogen-bond acceptors (Lipinski definition) is 5. The standard InChI is InChI=1S/C24H32N6/c1-18-10-9-13-21(19(18)2)28-14-16-29(17-15-28)22(20-11-7-6-8-12-20)23-25-26-27-30(23)24(3,4)5/h6-13,22H,14-17H2,1-5H3/t22-/m1/s1. The van der Waals surface area contributed by atoms with Gasteiger partial charge in [0, 0.05) is 31.9 Å². The first-order chi connectivity index (χ1) is 14.4. The second kappa shape index (κ2) is 8.19. The molecule has 1 atom stereocenters. The maximum Gasteiger partial charge on any atom is 0.173 e. The zero-order valence-electron chi connectivity index (χ0n) is 18.7. The number of rotatable bonds is 4. The molecule has 6 heteroatoms. The zero-order valence-corrected chi connectivity index (χ0v) is 18.7. The average molecular weight is 405 g/mol. The third-order valence-electron chi connectivity index (χ3n) is 6.09. The highest BCUT2D eigenvalue weighted by Gasteiger charge is 2.33. The number of anilines is 1. The summed E-state index contributed by atoms with van der Waals surface area (Å²) in [5.41, 5.74) is 5.14. The number of aryl methyl sites for hydroxylation is 1. The van der Waals surface area contributed by atoms with Gasteiger partial charge in [-0.1, -0.05) is 42.5 Å². The van der Waals surface area contributed by atoms with Gasteiger partial charge in [0.15, 0.2) is 5.82 Å². The number of nitrogens with zero attached hydrogens (tertiary/aromatic N) is 6. The maximum absolute atomic E-state index is 4.48. The SMILES string of the molecule is Cc1cccc(N2CCN([C@H](c3ccccc3)c3nnnn3C(C)(C)C)CC2)c1C. The van der Waals surface area contributed by atoms with Crippen molar-refractivity contribution in [1.29, 1.82) is 0 Å². The van der Waals surface area contributed by atoms with Gasteiger partial charge in [0.2, 0.25) is 0 Å². The molecule has 1 aliphatic heterocycles. The van der Waals surface area contributed by atoms with E-state index in [1.807, 2.05) is 4.68 Å². The minimum atomic E-state index is -0.174. The van der Waals surface area contributed by atoms with Gasteiger partial charge in [0.25, 0.3) is 0 Å². The number of benzene rings is 2. The molecule has 0 bridgehead atoms. The van der Waals surface area contributed by atoms with Gasteiger partial charge in [-0.3, -0.25) is 4.90 Å². The maximum atomic E-state index is 4.48. The van der Waals surface area contributed by atoms with Crippen LogP contribution in [0.25, 0.3) is 0 Å². The summed E-state index contributed by atoms with van der Waals surface area (Å²) in [4.78, 5) is 5.03. The Balaban J connectivity index is 1.63. The molecular formula is C24H32N6. The van der Waals surface area contributed by atoms with Gasteiger partial charge in [0.05, 0.1) is 11.6 Å². The predicted octanol–water partition coefficient (Wildman–Crippen LogP) is 3.96. The fourth-order valence-electron chi connectivity index (χ4n) is 4.30. The van der Waals surface area contributed by atoms with E-state index in [0.717, 1.165) is 32.0 Å². The van der Waals surface area contributed by atoms with E-state index in [-0.39, 0.29) is 11.6 Å². The Morgan fingerprint density at radius 3 is 2.23 bits per heavy atom. The van der Waals surface area contributed by atoms with Crippen LogP contribution in [0.4, 0.5) is 5.69 Å². The van der Waals surface area contributed by atoms with Crippen LogP contribution >= 0.6 is 0 Å². The lowest BCUT2D eigenvalue weighted by Crippen LogP contribution is -2.49. The van der Waals surface area contributed by atoms with Crippen LogP contribution in [0, 0.1) is 13.8 Å². The minimum Gasteiger partial charge on any atom is -0.369 e.